The molecule has 1 spiro atoms. The summed E-state index contributed by atoms with van der Waals surface area (Å²) in [4.78, 5) is 37.7. The first-order chi connectivity index (χ1) is 14.2. The lowest BCUT2D eigenvalue weighted by Crippen LogP contribution is -2.76. The number of ether oxygens (including phenoxy) is 1. The average molecular weight is 411 g/mol. The topological polar surface area (TPSA) is 104 Å². The number of ketones is 2. The van der Waals surface area contributed by atoms with Crippen molar-refractivity contribution in [2.75, 3.05) is 0 Å². The third-order valence-corrected chi connectivity index (χ3v) is 11.0. The van der Waals surface area contributed by atoms with E-state index in [9.17, 15) is 24.8 Å². The molecule has 0 aromatic carbocycles. The normalized spacial score (nSPS) is 58.4. The minimum absolute atomic E-state index is 0.0484. The van der Waals surface area contributed by atoms with Gasteiger partial charge < -0.3 is 9.84 Å². The molecule has 6 heteroatoms. The van der Waals surface area contributed by atoms with Crippen molar-refractivity contribution in [1.29, 1.82) is 5.26 Å². The molecule has 1 aliphatic heterocycles. The first kappa shape index (κ1) is 19.0. The van der Waals surface area contributed by atoms with Crippen LogP contribution in [0.15, 0.2) is 0 Å². The number of fused-ring (bicyclic) bond motifs is 5. The van der Waals surface area contributed by atoms with Crippen LogP contribution in [0.2, 0.25) is 0 Å². The zero-order valence-corrected chi connectivity index (χ0v) is 17.6. The zero-order valence-electron chi connectivity index (χ0n) is 17.6. The van der Waals surface area contributed by atoms with Gasteiger partial charge >= 0.3 is 5.97 Å². The highest BCUT2D eigenvalue weighted by molar-refractivity contribution is 6.11. The van der Waals surface area contributed by atoms with Gasteiger partial charge in [0.2, 0.25) is 0 Å². The minimum atomic E-state index is -0.953. The number of carbonyl (C=O) groups excluding carboxylic acids is 3. The van der Waals surface area contributed by atoms with Gasteiger partial charge in [-0.3, -0.25) is 14.4 Å². The number of carbonyl (C=O) groups is 3. The third-order valence-electron chi connectivity index (χ3n) is 11.0. The molecular formula is C24H29NO5. The van der Waals surface area contributed by atoms with E-state index in [2.05, 4.69) is 19.9 Å². The van der Waals surface area contributed by atoms with Gasteiger partial charge in [-0.15, -0.1) is 0 Å². The van der Waals surface area contributed by atoms with Gasteiger partial charge in [0.1, 0.15) is 17.2 Å². The van der Waals surface area contributed by atoms with Crippen molar-refractivity contribution in [2.45, 2.75) is 76.9 Å². The SMILES string of the molecule is C[C@]12CCC(=O)[C@@H]3C(=O)[C@H](C[C@@H]4[C@@H]1[C@H](O)C[C@]1(C)[C@@H]4CC[C@@]14CCC(=O)O4)[C@]32C#N. The molecule has 5 saturated carbocycles. The molecule has 6 aliphatic rings. The van der Waals surface area contributed by atoms with Crippen LogP contribution in [0.25, 0.3) is 0 Å². The number of hydrogen-bond donors (Lipinski definition) is 1. The molecule has 0 aromatic rings. The van der Waals surface area contributed by atoms with Crippen LogP contribution in [-0.4, -0.2) is 34.3 Å². The van der Waals surface area contributed by atoms with E-state index in [1.807, 2.05) is 0 Å². The summed E-state index contributed by atoms with van der Waals surface area (Å²) in [5.74, 6) is -1.19. The number of nitrogens with zero attached hydrogens (tertiary/aromatic N) is 1. The van der Waals surface area contributed by atoms with Crippen LogP contribution in [0.3, 0.4) is 0 Å². The molecule has 1 heterocycles. The fourth-order valence-corrected chi connectivity index (χ4v) is 9.78. The fourth-order valence-electron chi connectivity index (χ4n) is 9.78. The van der Waals surface area contributed by atoms with Gasteiger partial charge in [-0.2, -0.15) is 5.26 Å². The molecule has 10 atom stereocenters. The molecule has 0 amide bonds. The second kappa shape index (κ2) is 5.35. The lowest BCUT2D eigenvalue weighted by molar-refractivity contribution is -0.249. The van der Waals surface area contributed by atoms with Crippen molar-refractivity contribution < 1.29 is 24.2 Å². The highest BCUT2D eigenvalue weighted by atomic mass is 16.6. The van der Waals surface area contributed by atoms with Gasteiger partial charge in [0.25, 0.3) is 0 Å². The summed E-state index contributed by atoms with van der Waals surface area (Å²) in [5.41, 5.74) is -2.30. The monoisotopic (exact) mass is 411 g/mol. The summed E-state index contributed by atoms with van der Waals surface area (Å²) in [6.45, 7) is 4.24. The third kappa shape index (κ3) is 1.70. The molecule has 6 nitrogen and oxygen atoms in total. The standard InChI is InChI=1S/C24H29NO5/c1-21-6-4-15(26)19-20(29)14(24(19,21)11-25)9-12-13-3-7-23(8-5-17(28)30-23)22(13,2)10-16(27)18(12)21/h12-14,16,18-19,27H,3-10H2,1-2H3/t12-,13+,14-,16+,18+,19+,21-,22+,23+,24+/m0/s1. The highest BCUT2D eigenvalue weighted by Crippen LogP contribution is 2.77. The van der Waals surface area contributed by atoms with Gasteiger partial charge in [-0.05, 0) is 61.7 Å². The van der Waals surface area contributed by atoms with E-state index in [0.29, 0.717) is 38.5 Å². The molecule has 0 aromatic heterocycles. The smallest absolute Gasteiger partial charge is 0.306 e. The maximum atomic E-state index is 13.0. The number of aliphatic hydroxyl groups is 1. The maximum absolute atomic E-state index is 13.0. The summed E-state index contributed by atoms with van der Waals surface area (Å²) in [6, 6.07) is 2.48. The number of rotatable bonds is 0. The van der Waals surface area contributed by atoms with E-state index in [4.69, 9.17) is 4.74 Å². The highest BCUT2D eigenvalue weighted by Gasteiger charge is 2.81. The molecule has 1 N–H and O–H groups in total. The summed E-state index contributed by atoms with van der Waals surface area (Å²) in [6.07, 6.45) is 4.30. The van der Waals surface area contributed by atoms with Crippen molar-refractivity contribution in [3.8, 4) is 6.07 Å². The summed E-state index contributed by atoms with van der Waals surface area (Å²) >= 11 is 0. The Morgan fingerprint density at radius 1 is 1.10 bits per heavy atom. The molecule has 6 rings (SSSR count). The van der Waals surface area contributed by atoms with Crippen molar-refractivity contribution >= 4 is 17.5 Å². The van der Waals surface area contributed by atoms with E-state index in [-0.39, 0.29) is 40.7 Å². The zero-order chi connectivity index (χ0) is 21.3. The lowest BCUT2D eigenvalue weighted by atomic mass is 9.29. The van der Waals surface area contributed by atoms with E-state index in [1.165, 1.54) is 0 Å². The number of nitriles is 1. The van der Waals surface area contributed by atoms with E-state index >= 15 is 0 Å². The van der Waals surface area contributed by atoms with Crippen molar-refractivity contribution in [1.82, 2.24) is 0 Å². The van der Waals surface area contributed by atoms with Crippen LogP contribution in [-0.2, 0) is 19.1 Å². The van der Waals surface area contributed by atoms with Crippen molar-refractivity contribution in [3.05, 3.63) is 0 Å². The molecule has 0 radical (unpaired) electrons. The second-order valence-corrected chi connectivity index (χ2v) is 11.5. The lowest BCUT2D eigenvalue weighted by Gasteiger charge is -2.71. The summed E-state index contributed by atoms with van der Waals surface area (Å²) in [7, 11) is 0. The maximum Gasteiger partial charge on any atom is 0.306 e. The Hall–Kier alpha value is -1.74. The molecule has 1 saturated heterocycles. The average Bonchev–Trinajstić information content (AvgIpc) is 3.21. The predicted molar refractivity (Wildman–Crippen MR) is 103 cm³/mol. The molecule has 30 heavy (non-hydrogen) atoms. The van der Waals surface area contributed by atoms with E-state index < -0.39 is 34.4 Å². The number of aliphatic hydroxyl groups excluding tert-OH is 1. The van der Waals surface area contributed by atoms with Gasteiger partial charge in [-0.25, -0.2) is 0 Å². The Labute approximate surface area is 176 Å². The summed E-state index contributed by atoms with van der Waals surface area (Å²) in [5, 5.41) is 21.8. The Balaban J connectivity index is 1.46. The van der Waals surface area contributed by atoms with Crippen LogP contribution >= 0.6 is 0 Å². The largest absolute Gasteiger partial charge is 0.458 e. The summed E-state index contributed by atoms with van der Waals surface area (Å²) < 4.78 is 5.94. The number of esters is 1. The minimum Gasteiger partial charge on any atom is -0.458 e. The molecule has 0 bridgehead atoms. The van der Waals surface area contributed by atoms with E-state index in [1.54, 1.807) is 0 Å². The molecule has 160 valence electrons. The van der Waals surface area contributed by atoms with Gasteiger partial charge in [0.05, 0.1) is 23.5 Å². The van der Waals surface area contributed by atoms with Crippen LogP contribution < -0.4 is 0 Å². The molecular weight excluding hydrogens is 382 g/mol. The van der Waals surface area contributed by atoms with Gasteiger partial charge in [0, 0.05) is 24.2 Å². The van der Waals surface area contributed by atoms with Crippen LogP contribution in [0, 0.1) is 57.2 Å². The molecule has 5 aliphatic carbocycles. The fraction of sp³-hybridized carbons (Fsp3) is 0.833. The quantitative estimate of drug-likeness (QED) is 0.485. The van der Waals surface area contributed by atoms with Crippen molar-refractivity contribution in [3.63, 3.8) is 0 Å². The van der Waals surface area contributed by atoms with Gasteiger partial charge in [0.15, 0.2) is 0 Å². The Morgan fingerprint density at radius 3 is 2.53 bits per heavy atom. The first-order valence-electron chi connectivity index (χ1n) is 11.5. The first-order valence-corrected chi connectivity index (χ1v) is 11.5. The Bertz CT molecular complexity index is 938. The van der Waals surface area contributed by atoms with Gasteiger partial charge in [-0.1, -0.05) is 13.8 Å². The van der Waals surface area contributed by atoms with Crippen LogP contribution in [0.1, 0.15) is 65.2 Å². The Kier molecular flexibility index (Phi) is 3.39. The predicted octanol–water partition coefficient (Wildman–Crippen LogP) is 2.57. The van der Waals surface area contributed by atoms with E-state index in [0.717, 1.165) is 12.8 Å². The molecule has 6 fully saturated rings. The Morgan fingerprint density at radius 2 is 1.87 bits per heavy atom. The number of Topliss-reactive ketones (excluding diaryl/α,β-unsaturated/α-hetero) is 2. The molecule has 0 unspecified atom stereocenters. The number of hydrogen-bond acceptors (Lipinski definition) is 6. The van der Waals surface area contributed by atoms with Crippen molar-refractivity contribution in [2.24, 2.45) is 45.8 Å². The van der Waals surface area contributed by atoms with Crippen LogP contribution in [0.4, 0.5) is 0 Å². The van der Waals surface area contributed by atoms with Crippen LogP contribution in [0.5, 0.6) is 0 Å². The second-order valence-electron chi connectivity index (χ2n) is 11.5.